The summed E-state index contributed by atoms with van der Waals surface area (Å²) >= 11 is 0. The Morgan fingerprint density at radius 1 is 1.36 bits per heavy atom. The molecule has 0 heterocycles. The smallest absolute Gasteiger partial charge is 0.264 e. The van der Waals surface area contributed by atoms with E-state index in [1.54, 1.807) is 18.2 Å². The third kappa shape index (κ3) is 3.41. The quantitative estimate of drug-likeness (QED) is 0.781. The van der Waals surface area contributed by atoms with Gasteiger partial charge in [-0.2, -0.15) is 8.42 Å². The van der Waals surface area contributed by atoms with Crippen LogP contribution in [0.4, 0.5) is 4.39 Å². The highest BCUT2D eigenvalue weighted by Crippen LogP contribution is 2.19. The topological polar surface area (TPSA) is 63.6 Å². The highest BCUT2D eigenvalue weighted by Gasteiger charge is 2.18. The van der Waals surface area contributed by atoms with Gasteiger partial charge in [0.1, 0.15) is 12.8 Å². The van der Waals surface area contributed by atoms with Gasteiger partial charge >= 0.3 is 10.4 Å². The zero-order valence-electron chi connectivity index (χ0n) is 7.13. The lowest BCUT2D eigenvalue weighted by Crippen LogP contribution is -2.12. The molecular formula is C8H9FO4S. The molecule has 6 heteroatoms. The normalized spacial score (nSPS) is 13.9. The van der Waals surface area contributed by atoms with Gasteiger partial charge in [0.25, 0.3) is 0 Å². The van der Waals surface area contributed by atoms with Crippen LogP contribution in [0, 0.1) is 0 Å². The maximum atomic E-state index is 12.4. The summed E-state index contributed by atoms with van der Waals surface area (Å²) in [6.07, 6.45) is -1.29. The Morgan fingerprint density at radius 2 is 1.93 bits per heavy atom. The van der Waals surface area contributed by atoms with Crippen molar-refractivity contribution in [1.82, 2.24) is 0 Å². The minimum atomic E-state index is -4.62. The van der Waals surface area contributed by atoms with Gasteiger partial charge in [-0.15, -0.1) is 0 Å². The van der Waals surface area contributed by atoms with Crippen LogP contribution >= 0.6 is 0 Å². The highest BCUT2D eigenvalue weighted by atomic mass is 32.3. The van der Waals surface area contributed by atoms with E-state index in [1.807, 2.05) is 0 Å². The van der Waals surface area contributed by atoms with Gasteiger partial charge in [-0.1, -0.05) is 30.3 Å². The molecule has 0 fully saturated rings. The third-order valence-corrected chi connectivity index (χ3v) is 2.02. The maximum absolute atomic E-state index is 12.4. The van der Waals surface area contributed by atoms with Crippen molar-refractivity contribution >= 4 is 10.4 Å². The molecule has 0 aliphatic heterocycles. The molecule has 1 rings (SSSR count). The van der Waals surface area contributed by atoms with Crippen LogP contribution in [-0.2, 0) is 14.6 Å². The van der Waals surface area contributed by atoms with Gasteiger partial charge < -0.3 is 0 Å². The molecule has 0 saturated carbocycles. The summed E-state index contributed by atoms with van der Waals surface area (Å²) in [5.74, 6) is 0. The van der Waals surface area contributed by atoms with Crippen LogP contribution in [0.5, 0.6) is 0 Å². The third-order valence-electron chi connectivity index (χ3n) is 1.55. The van der Waals surface area contributed by atoms with Crippen molar-refractivity contribution in [1.29, 1.82) is 0 Å². The van der Waals surface area contributed by atoms with Crippen LogP contribution in [0.15, 0.2) is 30.3 Å². The van der Waals surface area contributed by atoms with Crippen molar-refractivity contribution < 1.29 is 21.5 Å². The summed E-state index contributed by atoms with van der Waals surface area (Å²) in [5, 5.41) is 0. The number of halogens is 1. The zero-order valence-corrected chi connectivity index (χ0v) is 7.95. The summed E-state index contributed by atoms with van der Waals surface area (Å²) in [5.41, 5.74) is 0.354. The number of hydrogen-bond donors (Lipinski definition) is 1. The van der Waals surface area contributed by atoms with Crippen LogP contribution < -0.4 is 0 Å². The van der Waals surface area contributed by atoms with Gasteiger partial charge in [0, 0.05) is 0 Å². The standard InChI is InChI=1S/C8H9FO4S/c9-6-8(13-14(10,11)12)7-4-2-1-3-5-7/h1-5,8H,6H2,(H,10,11,12). The first-order valence-electron chi connectivity index (χ1n) is 3.79. The van der Waals surface area contributed by atoms with Crippen LogP contribution in [0.3, 0.4) is 0 Å². The number of benzene rings is 1. The van der Waals surface area contributed by atoms with E-state index in [-0.39, 0.29) is 0 Å². The van der Waals surface area contributed by atoms with Crippen molar-refractivity contribution in [2.75, 3.05) is 6.67 Å². The molecule has 0 aromatic heterocycles. The fourth-order valence-corrected chi connectivity index (χ4v) is 1.44. The Hall–Kier alpha value is -0.980. The van der Waals surface area contributed by atoms with Gasteiger partial charge in [0.2, 0.25) is 0 Å². The first-order valence-corrected chi connectivity index (χ1v) is 5.16. The molecule has 0 saturated heterocycles. The largest absolute Gasteiger partial charge is 0.398 e. The molecule has 14 heavy (non-hydrogen) atoms. The molecular weight excluding hydrogens is 211 g/mol. The van der Waals surface area contributed by atoms with Crippen molar-refractivity contribution in [2.45, 2.75) is 6.10 Å². The van der Waals surface area contributed by atoms with Gasteiger partial charge in [-0.3, -0.25) is 4.55 Å². The first-order chi connectivity index (χ1) is 6.53. The van der Waals surface area contributed by atoms with Gasteiger partial charge in [0.15, 0.2) is 0 Å². The summed E-state index contributed by atoms with van der Waals surface area (Å²) in [6, 6.07) is 7.95. The molecule has 1 aromatic carbocycles. The van der Waals surface area contributed by atoms with E-state index in [1.165, 1.54) is 12.1 Å². The maximum Gasteiger partial charge on any atom is 0.398 e. The molecule has 1 atom stereocenters. The second kappa shape index (κ2) is 4.50. The highest BCUT2D eigenvalue weighted by molar-refractivity contribution is 7.80. The monoisotopic (exact) mass is 220 g/mol. The van der Waals surface area contributed by atoms with Crippen molar-refractivity contribution in [2.24, 2.45) is 0 Å². The number of hydrogen-bond acceptors (Lipinski definition) is 3. The van der Waals surface area contributed by atoms with Crippen LogP contribution in [0.25, 0.3) is 0 Å². The SMILES string of the molecule is O=S(=O)(O)OC(CF)c1ccccc1. The van der Waals surface area contributed by atoms with E-state index < -0.39 is 23.2 Å². The molecule has 0 aliphatic rings. The predicted octanol–water partition coefficient (Wildman–Crippen LogP) is 1.52. The Labute approximate surface area is 81.3 Å². The zero-order chi connectivity index (χ0) is 10.6. The second-order valence-corrected chi connectivity index (χ2v) is 3.63. The van der Waals surface area contributed by atoms with E-state index in [0.717, 1.165) is 0 Å². The Bertz CT molecular complexity index is 376. The summed E-state index contributed by atoms with van der Waals surface area (Å²) in [4.78, 5) is 0. The van der Waals surface area contributed by atoms with E-state index in [9.17, 15) is 12.8 Å². The molecule has 4 nitrogen and oxygen atoms in total. The average molecular weight is 220 g/mol. The van der Waals surface area contributed by atoms with E-state index in [2.05, 4.69) is 4.18 Å². The minimum absolute atomic E-state index is 0.354. The molecule has 1 unspecified atom stereocenters. The molecule has 0 aliphatic carbocycles. The lowest BCUT2D eigenvalue weighted by molar-refractivity contribution is 0.152. The van der Waals surface area contributed by atoms with Crippen molar-refractivity contribution in [3.05, 3.63) is 35.9 Å². The molecule has 1 aromatic rings. The lowest BCUT2D eigenvalue weighted by atomic mass is 10.1. The second-order valence-electron chi connectivity index (χ2n) is 2.58. The van der Waals surface area contributed by atoms with Crippen LogP contribution in [0.2, 0.25) is 0 Å². The first kappa shape index (κ1) is 11.1. The van der Waals surface area contributed by atoms with Crippen molar-refractivity contribution in [3.8, 4) is 0 Å². The molecule has 0 amide bonds. The molecule has 0 spiro atoms. The molecule has 78 valence electrons. The van der Waals surface area contributed by atoms with E-state index >= 15 is 0 Å². The Morgan fingerprint density at radius 3 is 2.36 bits per heavy atom. The van der Waals surface area contributed by atoms with Gasteiger partial charge in [0.05, 0.1) is 0 Å². The average Bonchev–Trinajstić information content (AvgIpc) is 2.14. The molecule has 1 N–H and O–H groups in total. The van der Waals surface area contributed by atoms with Crippen LogP contribution in [-0.4, -0.2) is 19.6 Å². The predicted molar refractivity (Wildman–Crippen MR) is 47.8 cm³/mol. The molecule has 0 bridgehead atoms. The minimum Gasteiger partial charge on any atom is -0.264 e. The summed E-state index contributed by atoms with van der Waals surface area (Å²) < 4.78 is 45.5. The Kier molecular flexibility index (Phi) is 3.56. The summed E-state index contributed by atoms with van der Waals surface area (Å²) in [6.45, 7) is -1.02. The lowest BCUT2D eigenvalue weighted by Gasteiger charge is -2.11. The fraction of sp³-hybridized carbons (Fsp3) is 0.250. The fourth-order valence-electron chi connectivity index (χ4n) is 0.985. The number of alkyl halides is 1. The number of rotatable bonds is 4. The Balaban J connectivity index is 2.84. The van der Waals surface area contributed by atoms with E-state index in [0.29, 0.717) is 5.56 Å². The van der Waals surface area contributed by atoms with Crippen LogP contribution in [0.1, 0.15) is 11.7 Å². The molecule has 0 radical (unpaired) electrons. The van der Waals surface area contributed by atoms with Gasteiger partial charge in [-0.05, 0) is 5.56 Å². The summed E-state index contributed by atoms with van der Waals surface area (Å²) in [7, 11) is -4.62. The van der Waals surface area contributed by atoms with E-state index in [4.69, 9.17) is 4.55 Å². The van der Waals surface area contributed by atoms with Crippen molar-refractivity contribution in [3.63, 3.8) is 0 Å². The van der Waals surface area contributed by atoms with Gasteiger partial charge in [-0.25, -0.2) is 8.57 Å².